The van der Waals surface area contributed by atoms with Gasteiger partial charge in [0.1, 0.15) is 0 Å². The maximum absolute atomic E-state index is 12.6. The standard InChI is InChI=1S/C24H32N2O/c1-18(20-11-13-22(14-12-20)24(2,3)4)25-23(27)21-9-7-19(8-10-21)17-26-15-5-6-16-26/h7-14,18H,5-6,15-17H2,1-4H3,(H,25,27)/t18-/m0/s1. The maximum atomic E-state index is 12.6. The molecule has 1 heterocycles. The minimum Gasteiger partial charge on any atom is -0.346 e. The summed E-state index contributed by atoms with van der Waals surface area (Å²) < 4.78 is 0. The second-order valence-corrected chi connectivity index (χ2v) is 8.75. The van der Waals surface area contributed by atoms with Crippen LogP contribution >= 0.6 is 0 Å². The van der Waals surface area contributed by atoms with E-state index in [0.717, 1.165) is 17.7 Å². The van der Waals surface area contributed by atoms with Crippen molar-refractivity contribution in [2.45, 2.75) is 58.5 Å². The molecule has 0 spiro atoms. The van der Waals surface area contributed by atoms with Crippen LogP contribution in [0.5, 0.6) is 0 Å². The minimum atomic E-state index is -0.0184. The molecular formula is C24H32N2O. The van der Waals surface area contributed by atoms with Crippen LogP contribution in [0.15, 0.2) is 48.5 Å². The monoisotopic (exact) mass is 364 g/mol. The van der Waals surface area contributed by atoms with Crippen molar-refractivity contribution >= 4 is 5.91 Å². The molecule has 2 aromatic rings. The Balaban J connectivity index is 1.59. The Bertz CT molecular complexity index is 750. The summed E-state index contributed by atoms with van der Waals surface area (Å²) >= 11 is 0. The Hall–Kier alpha value is -2.13. The van der Waals surface area contributed by atoms with Crippen LogP contribution in [0.3, 0.4) is 0 Å². The lowest BCUT2D eigenvalue weighted by Crippen LogP contribution is -2.26. The number of carbonyl (C=O) groups is 1. The lowest BCUT2D eigenvalue weighted by atomic mass is 9.86. The van der Waals surface area contributed by atoms with E-state index in [0.29, 0.717) is 0 Å². The first kappa shape index (κ1) is 19.6. The lowest BCUT2D eigenvalue weighted by molar-refractivity contribution is 0.0940. The molecular weight excluding hydrogens is 332 g/mol. The molecule has 1 amide bonds. The van der Waals surface area contributed by atoms with Gasteiger partial charge in [0, 0.05) is 12.1 Å². The van der Waals surface area contributed by atoms with Crippen LogP contribution in [0.1, 0.15) is 73.6 Å². The number of likely N-dealkylation sites (tertiary alicyclic amines) is 1. The van der Waals surface area contributed by atoms with E-state index < -0.39 is 0 Å². The molecule has 3 heteroatoms. The third kappa shape index (κ3) is 5.20. The van der Waals surface area contributed by atoms with E-state index in [9.17, 15) is 4.79 Å². The van der Waals surface area contributed by atoms with Crippen LogP contribution in [0, 0.1) is 0 Å². The predicted octanol–water partition coefficient (Wildman–Crippen LogP) is 5.07. The van der Waals surface area contributed by atoms with Gasteiger partial charge in [0.25, 0.3) is 5.91 Å². The summed E-state index contributed by atoms with van der Waals surface area (Å²) in [6.45, 7) is 12.0. The molecule has 3 nitrogen and oxygen atoms in total. The zero-order chi connectivity index (χ0) is 19.4. The van der Waals surface area contributed by atoms with Crippen LogP contribution in [0.2, 0.25) is 0 Å². The van der Waals surface area contributed by atoms with E-state index in [4.69, 9.17) is 0 Å². The van der Waals surface area contributed by atoms with Crippen molar-refractivity contribution in [1.29, 1.82) is 0 Å². The molecule has 0 aromatic heterocycles. The maximum Gasteiger partial charge on any atom is 0.251 e. The molecule has 0 aliphatic carbocycles. The van der Waals surface area contributed by atoms with Crippen molar-refractivity contribution in [2.75, 3.05) is 13.1 Å². The van der Waals surface area contributed by atoms with Crippen LogP contribution in [-0.4, -0.2) is 23.9 Å². The average molecular weight is 365 g/mol. The summed E-state index contributed by atoms with van der Waals surface area (Å²) in [7, 11) is 0. The van der Waals surface area contributed by atoms with Crippen LogP contribution < -0.4 is 5.32 Å². The topological polar surface area (TPSA) is 32.3 Å². The first-order chi connectivity index (χ1) is 12.8. The van der Waals surface area contributed by atoms with Crippen molar-refractivity contribution in [3.8, 4) is 0 Å². The molecule has 27 heavy (non-hydrogen) atoms. The number of nitrogens with zero attached hydrogens (tertiary/aromatic N) is 1. The first-order valence-corrected chi connectivity index (χ1v) is 10.1. The summed E-state index contributed by atoms with van der Waals surface area (Å²) in [5, 5.41) is 3.11. The number of hydrogen-bond donors (Lipinski definition) is 1. The molecule has 1 atom stereocenters. The van der Waals surface area contributed by atoms with Gasteiger partial charge in [-0.2, -0.15) is 0 Å². The molecule has 3 rings (SSSR count). The Morgan fingerprint density at radius 3 is 2.15 bits per heavy atom. The fourth-order valence-electron chi connectivity index (χ4n) is 3.60. The molecule has 2 aromatic carbocycles. The van der Waals surface area contributed by atoms with Crippen LogP contribution in [-0.2, 0) is 12.0 Å². The van der Waals surface area contributed by atoms with Gasteiger partial charge in [-0.3, -0.25) is 9.69 Å². The van der Waals surface area contributed by atoms with E-state index in [2.05, 4.69) is 67.4 Å². The molecule has 1 aliphatic rings. The van der Waals surface area contributed by atoms with E-state index in [1.165, 1.54) is 37.1 Å². The average Bonchev–Trinajstić information content (AvgIpc) is 3.14. The fraction of sp³-hybridized carbons (Fsp3) is 0.458. The van der Waals surface area contributed by atoms with E-state index in [-0.39, 0.29) is 17.4 Å². The molecule has 1 saturated heterocycles. The van der Waals surface area contributed by atoms with Crippen LogP contribution in [0.4, 0.5) is 0 Å². The normalized spacial score (nSPS) is 16.3. The highest BCUT2D eigenvalue weighted by Crippen LogP contribution is 2.24. The molecule has 1 fully saturated rings. The Kier molecular flexibility index (Phi) is 6.01. The van der Waals surface area contributed by atoms with Gasteiger partial charge in [-0.15, -0.1) is 0 Å². The summed E-state index contributed by atoms with van der Waals surface area (Å²) in [4.78, 5) is 15.1. The molecule has 144 valence electrons. The second kappa shape index (κ2) is 8.26. The van der Waals surface area contributed by atoms with Gasteiger partial charge in [0.15, 0.2) is 0 Å². The lowest BCUT2D eigenvalue weighted by Gasteiger charge is -2.21. The third-order valence-electron chi connectivity index (χ3n) is 5.45. The highest BCUT2D eigenvalue weighted by Gasteiger charge is 2.16. The van der Waals surface area contributed by atoms with Crippen molar-refractivity contribution in [3.05, 3.63) is 70.8 Å². The SMILES string of the molecule is C[C@H](NC(=O)c1ccc(CN2CCCC2)cc1)c1ccc(C(C)(C)C)cc1. The number of rotatable bonds is 5. The Morgan fingerprint density at radius 1 is 1.00 bits per heavy atom. The van der Waals surface area contributed by atoms with Crippen LogP contribution in [0.25, 0.3) is 0 Å². The number of carbonyl (C=O) groups excluding carboxylic acids is 1. The first-order valence-electron chi connectivity index (χ1n) is 10.1. The van der Waals surface area contributed by atoms with Gasteiger partial charge in [0.05, 0.1) is 6.04 Å². The van der Waals surface area contributed by atoms with E-state index >= 15 is 0 Å². The summed E-state index contributed by atoms with van der Waals surface area (Å²) in [5.74, 6) is -0.0184. The molecule has 0 unspecified atom stereocenters. The molecule has 0 saturated carbocycles. The van der Waals surface area contributed by atoms with Gasteiger partial charge in [-0.25, -0.2) is 0 Å². The van der Waals surface area contributed by atoms with Crippen molar-refractivity contribution in [1.82, 2.24) is 10.2 Å². The molecule has 0 radical (unpaired) electrons. The van der Waals surface area contributed by atoms with Gasteiger partial charge in [-0.1, -0.05) is 57.2 Å². The van der Waals surface area contributed by atoms with Crippen molar-refractivity contribution in [3.63, 3.8) is 0 Å². The second-order valence-electron chi connectivity index (χ2n) is 8.75. The van der Waals surface area contributed by atoms with Crippen molar-refractivity contribution in [2.24, 2.45) is 0 Å². The fourth-order valence-corrected chi connectivity index (χ4v) is 3.60. The number of hydrogen-bond acceptors (Lipinski definition) is 2. The minimum absolute atomic E-state index is 0.0178. The van der Waals surface area contributed by atoms with Gasteiger partial charge in [-0.05, 0) is 67.1 Å². The number of benzene rings is 2. The molecule has 1 N–H and O–H groups in total. The Labute approximate surface area is 163 Å². The smallest absolute Gasteiger partial charge is 0.251 e. The number of nitrogens with one attached hydrogen (secondary N) is 1. The predicted molar refractivity (Wildman–Crippen MR) is 112 cm³/mol. The van der Waals surface area contributed by atoms with E-state index in [1.54, 1.807) is 0 Å². The highest BCUT2D eigenvalue weighted by molar-refractivity contribution is 5.94. The molecule has 1 aliphatic heterocycles. The number of amides is 1. The third-order valence-corrected chi connectivity index (χ3v) is 5.45. The zero-order valence-electron chi connectivity index (χ0n) is 17.1. The quantitative estimate of drug-likeness (QED) is 0.803. The summed E-state index contributed by atoms with van der Waals surface area (Å²) in [6.07, 6.45) is 2.60. The van der Waals surface area contributed by atoms with E-state index in [1.807, 2.05) is 19.1 Å². The highest BCUT2D eigenvalue weighted by atomic mass is 16.1. The summed E-state index contributed by atoms with van der Waals surface area (Å²) in [6, 6.07) is 16.6. The zero-order valence-corrected chi connectivity index (χ0v) is 17.1. The summed E-state index contributed by atoms with van der Waals surface area (Å²) in [5.41, 5.74) is 4.57. The van der Waals surface area contributed by atoms with Gasteiger partial charge < -0.3 is 5.32 Å². The van der Waals surface area contributed by atoms with Crippen molar-refractivity contribution < 1.29 is 4.79 Å². The molecule has 0 bridgehead atoms. The van der Waals surface area contributed by atoms with Gasteiger partial charge >= 0.3 is 0 Å². The Morgan fingerprint density at radius 2 is 1.59 bits per heavy atom. The largest absolute Gasteiger partial charge is 0.346 e. The van der Waals surface area contributed by atoms with Gasteiger partial charge in [0.2, 0.25) is 0 Å².